The molecular weight excluding hydrogens is 532 g/mol. The van der Waals surface area contributed by atoms with Crippen LogP contribution in [0.1, 0.15) is 75.1 Å². The molecule has 1 aliphatic carbocycles. The smallest absolute Gasteiger partial charge is 0.326 e. The van der Waals surface area contributed by atoms with Crippen LogP contribution in [0, 0.1) is 11.3 Å². The van der Waals surface area contributed by atoms with Gasteiger partial charge in [0.1, 0.15) is 12.1 Å². The van der Waals surface area contributed by atoms with Gasteiger partial charge in [-0.3, -0.25) is 4.79 Å². The number of ether oxygens (including phenoxy) is 3. The Morgan fingerprint density at radius 3 is 2.40 bits per heavy atom. The molecule has 0 radical (unpaired) electrons. The molecule has 3 aliphatic rings. The second-order valence-electron chi connectivity index (χ2n) is 12.9. The molecule has 8 nitrogen and oxygen atoms in total. The molecule has 0 bridgehead atoms. The summed E-state index contributed by atoms with van der Waals surface area (Å²) in [6, 6.07) is 16.4. The maximum Gasteiger partial charge on any atom is 0.326 e. The van der Waals surface area contributed by atoms with Crippen LogP contribution in [-0.4, -0.2) is 58.8 Å². The molecular formula is C34H40N2O6. The third kappa shape index (κ3) is 5.26. The van der Waals surface area contributed by atoms with Crippen LogP contribution in [0.25, 0.3) is 10.9 Å². The van der Waals surface area contributed by atoms with Gasteiger partial charge in [-0.15, -0.1) is 0 Å². The molecule has 3 heterocycles. The number of benzene rings is 2. The summed E-state index contributed by atoms with van der Waals surface area (Å²) < 4.78 is 18.3. The number of amides is 1. The minimum atomic E-state index is -1.07. The number of hydrogen-bond acceptors (Lipinski definition) is 6. The van der Waals surface area contributed by atoms with Gasteiger partial charge in [0.05, 0.1) is 31.4 Å². The first-order valence-electron chi connectivity index (χ1n) is 15.0. The Labute approximate surface area is 247 Å². The fraction of sp³-hybridized carbons (Fsp3) is 0.500. The highest BCUT2D eigenvalue weighted by Crippen LogP contribution is 2.53. The van der Waals surface area contributed by atoms with Crippen LogP contribution in [0.2, 0.25) is 0 Å². The standard InChI is InChI=1S/C34H40N2O6/c1-34(2,3)27-29(33(38)39)36(32(37)26-14-9-17-41-26)28(24-12-7-6-11-23(24)20-15-16-20)30(27)42-19-22-18-21-10-5-8-13-25(21)35-31(22)40-4/h5-8,10-13,18,20,26-30H,9,14-17,19H2,1-4H3,(H,38,39)/t26-,27+,28-,29-,30-/m0/s1. The van der Waals surface area contributed by atoms with Crippen molar-refractivity contribution < 1.29 is 28.9 Å². The zero-order valence-electron chi connectivity index (χ0n) is 24.8. The van der Waals surface area contributed by atoms with Crippen molar-refractivity contribution in [3.05, 3.63) is 71.3 Å². The van der Waals surface area contributed by atoms with E-state index in [1.807, 2.05) is 69.3 Å². The zero-order valence-corrected chi connectivity index (χ0v) is 24.8. The van der Waals surface area contributed by atoms with E-state index in [0.29, 0.717) is 24.8 Å². The van der Waals surface area contributed by atoms with Gasteiger partial charge in [-0.1, -0.05) is 63.2 Å². The van der Waals surface area contributed by atoms with E-state index in [-0.39, 0.29) is 12.5 Å². The monoisotopic (exact) mass is 572 g/mol. The molecule has 0 unspecified atom stereocenters. The van der Waals surface area contributed by atoms with E-state index in [4.69, 9.17) is 19.2 Å². The molecule has 3 aromatic rings. The van der Waals surface area contributed by atoms with Crippen LogP contribution in [-0.2, 0) is 25.7 Å². The Bertz CT molecular complexity index is 1470. The number of rotatable bonds is 8. The summed E-state index contributed by atoms with van der Waals surface area (Å²) in [5.74, 6) is -0.900. The molecule has 3 fully saturated rings. The number of hydrogen-bond donors (Lipinski definition) is 1. The number of aromatic nitrogens is 1. The van der Waals surface area contributed by atoms with Gasteiger partial charge in [-0.2, -0.15) is 0 Å². The number of pyridine rings is 1. The van der Waals surface area contributed by atoms with Crippen molar-refractivity contribution in [3.63, 3.8) is 0 Å². The van der Waals surface area contributed by atoms with Crippen LogP contribution < -0.4 is 4.74 Å². The number of aliphatic carboxylic acids is 1. The lowest BCUT2D eigenvalue weighted by Gasteiger charge is -2.35. The minimum absolute atomic E-state index is 0.161. The quantitative estimate of drug-likeness (QED) is 0.360. The van der Waals surface area contributed by atoms with Gasteiger partial charge in [0.25, 0.3) is 5.91 Å². The lowest BCUT2D eigenvalue weighted by molar-refractivity contribution is -0.156. The number of carboxylic acid groups (broad SMARTS) is 1. The first-order valence-corrected chi connectivity index (χ1v) is 15.0. The first-order chi connectivity index (χ1) is 20.2. The first kappa shape index (κ1) is 28.6. The number of fused-ring (bicyclic) bond motifs is 1. The zero-order chi connectivity index (χ0) is 29.6. The van der Waals surface area contributed by atoms with Crippen molar-refractivity contribution in [1.82, 2.24) is 9.88 Å². The molecule has 2 aromatic carbocycles. The normalized spacial score (nSPS) is 26.1. The number of carboxylic acids is 1. The fourth-order valence-electron chi connectivity index (χ4n) is 7.01. The minimum Gasteiger partial charge on any atom is -0.481 e. The van der Waals surface area contributed by atoms with Gasteiger partial charge >= 0.3 is 5.97 Å². The van der Waals surface area contributed by atoms with Crippen LogP contribution in [0.15, 0.2) is 54.6 Å². The molecule has 6 rings (SSSR count). The van der Waals surface area contributed by atoms with Crippen molar-refractivity contribution in [1.29, 1.82) is 0 Å². The van der Waals surface area contributed by atoms with Crippen LogP contribution in [0.3, 0.4) is 0 Å². The molecule has 2 aliphatic heterocycles. The van der Waals surface area contributed by atoms with Gasteiger partial charge < -0.3 is 24.2 Å². The van der Waals surface area contributed by atoms with Crippen molar-refractivity contribution in [2.75, 3.05) is 13.7 Å². The molecule has 5 atom stereocenters. The van der Waals surface area contributed by atoms with Crippen LogP contribution in [0.5, 0.6) is 5.88 Å². The maximum atomic E-state index is 14.2. The Morgan fingerprint density at radius 1 is 1.05 bits per heavy atom. The van der Waals surface area contributed by atoms with Crippen molar-refractivity contribution >= 4 is 22.8 Å². The second kappa shape index (κ2) is 11.3. The highest BCUT2D eigenvalue weighted by Gasteiger charge is 2.60. The van der Waals surface area contributed by atoms with Gasteiger partial charge in [-0.25, -0.2) is 9.78 Å². The number of carbonyl (C=O) groups excluding carboxylic acids is 1. The molecule has 8 heteroatoms. The summed E-state index contributed by atoms with van der Waals surface area (Å²) in [6.45, 7) is 6.77. The fourth-order valence-corrected chi connectivity index (χ4v) is 7.01. The largest absolute Gasteiger partial charge is 0.481 e. The second-order valence-corrected chi connectivity index (χ2v) is 12.9. The van der Waals surface area contributed by atoms with E-state index in [0.717, 1.165) is 41.3 Å². The van der Waals surface area contributed by atoms with E-state index < -0.39 is 41.6 Å². The summed E-state index contributed by atoms with van der Waals surface area (Å²) in [4.78, 5) is 33.7. The Hall–Kier alpha value is -3.49. The molecule has 1 N–H and O–H groups in total. The Kier molecular flexibility index (Phi) is 7.70. The van der Waals surface area contributed by atoms with Crippen molar-refractivity contribution in [2.24, 2.45) is 11.3 Å². The number of nitrogens with zero attached hydrogens (tertiary/aromatic N) is 2. The average Bonchev–Trinajstić information content (AvgIpc) is 3.54. The Balaban J connectivity index is 1.47. The van der Waals surface area contributed by atoms with Crippen molar-refractivity contribution in [3.8, 4) is 5.88 Å². The van der Waals surface area contributed by atoms with Gasteiger partial charge in [-0.05, 0) is 60.3 Å². The molecule has 222 valence electrons. The van der Waals surface area contributed by atoms with Crippen LogP contribution in [0.4, 0.5) is 0 Å². The summed E-state index contributed by atoms with van der Waals surface area (Å²) in [5, 5.41) is 11.7. The molecule has 0 spiro atoms. The van der Waals surface area contributed by atoms with Crippen LogP contribution >= 0.6 is 0 Å². The predicted octanol–water partition coefficient (Wildman–Crippen LogP) is 5.88. The lowest BCUT2D eigenvalue weighted by Crippen LogP contribution is -2.50. The molecule has 42 heavy (non-hydrogen) atoms. The van der Waals surface area contributed by atoms with Gasteiger partial charge in [0, 0.05) is 23.5 Å². The topological polar surface area (TPSA) is 98.2 Å². The molecule has 1 aromatic heterocycles. The SMILES string of the molecule is COc1nc2ccccc2cc1CO[C@H]1[C@H](C(C)(C)C)[C@@H](C(=O)O)N(C(=O)[C@@H]2CCCO2)[C@H]1c1ccccc1C1CC1. The third-order valence-electron chi connectivity index (χ3n) is 9.04. The lowest BCUT2D eigenvalue weighted by atomic mass is 9.73. The molecule has 1 saturated carbocycles. The van der Waals surface area contributed by atoms with Gasteiger partial charge in [0.2, 0.25) is 5.88 Å². The average molecular weight is 573 g/mol. The summed E-state index contributed by atoms with van der Waals surface area (Å²) in [7, 11) is 1.59. The number of carbonyl (C=O) groups is 2. The highest BCUT2D eigenvalue weighted by molar-refractivity contribution is 5.88. The van der Waals surface area contributed by atoms with Gasteiger partial charge in [0.15, 0.2) is 0 Å². The van der Waals surface area contributed by atoms with E-state index in [1.54, 1.807) is 12.0 Å². The summed E-state index contributed by atoms with van der Waals surface area (Å²) >= 11 is 0. The van der Waals surface area contributed by atoms with E-state index in [2.05, 4.69) is 6.07 Å². The summed E-state index contributed by atoms with van der Waals surface area (Å²) in [6.07, 6.45) is 2.30. The summed E-state index contributed by atoms with van der Waals surface area (Å²) in [5.41, 5.74) is 3.25. The van der Waals surface area contributed by atoms with E-state index in [9.17, 15) is 14.7 Å². The predicted molar refractivity (Wildman–Crippen MR) is 158 cm³/mol. The number of methoxy groups -OCH3 is 1. The van der Waals surface area contributed by atoms with E-state index in [1.165, 1.54) is 5.56 Å². The van der Waals surface area contributed by atoms with E-state index >= 15 is 0 Å². The maximum absolute atomic E-state index is 14.2. The number of para-hydroxylation sites is 1. The Morgan fingerprint density at radius 2 is 1.76 bits per heavy atom. The highest BCUT2D eigenvalue weighted by atomic mass is 16.5. The molecule has 1 amide bonds. The van der Waals surface area contributed by atoms with Crippen molar-refractivity contribution in [2.45, 2.75) is 83.3 Å². The third-order valence-corrected chi connectivity index (χ3v) is 9.04. The number of likely N-dealkylation sites (tertiary alicyclic amines) is 1. The molecule has 2 saturated heterocycles.